The van der Waals surface area contributed by atoms with E-state index >= 15 is 0 Å². The molecule has 154 valence electrons. The Morgan fingerprint density at radius 1 is 1.06 bits per heavy atom. The highest BCUT2D eigenvalue weighted by molar-refractivity contribution is 6.05. The minimum Gasteiger partial charge on any atom is -0.387 e. The molecule has 0 aliphatic carbocycles. The second-order valence-electron chi connectivity index (χ2n) is 7.83. The van der Waals surface area contributed by atoms with Gasteiger partial charge in [-0.1, -0.05) is 53.7 Å². The molecule has 5 nitrogen and oxygen atoms in total. The fourth-order valence-corrected chi connectivity index (χ4v) is 3.65. The largest absolute Gasteiger partial charge is 0.387 e. The Bertz CT molecular complexity index is 1180. The number of carbonyl (C=O) groups is 1. The molecule has 0 saturated heterocycles. The first-order valence-electron chi connectivity index (χ1n) is 10.3. The summed E-state index contributed by atoms with van der Waals surface area (Å²) in [5.74, 6) is -0.160. The van der Waals surface area contributed by atoms with Crippen molar-refractivity contribution in [1.29, 1.82) is 5.26 Å². The van der Waals surface area contributed by atoms with E-state index in [0.29, 0.717) is 17.5 Å². The van der Waals surface area contributed by atoms with Crippen molar-refractivity contribution in [3.8, 4) is 17.2 Å². The summed E-state index contributed by atoms with van der Waals surface area (Å²) < 4.78 is 0. The van der Waals surface area contributed by atoms with E-state index in [1.165, 1.54) is 0 Å². The average molecular weight is 409 g/mol. The van der Waals surface area contributed by atoms with Gasteiger partial charge in [-0.15, -0.1) is 0 Å². The average Bonchev–Trinajstić information content (AvgIpc) is 3.29. The van der Waals surface area contributed by atoms with Crippen LogP contribution < -0.4 is 5.32 Å². The van der Waals surface area contributed by atoms with Gasteiger partial charge in [-0.25, -0.2) is 0 Å². The molecule has 31 heavy (non-hydrogen) atoms. The molecule has 1 aliphatic heterocycles. The highest BCUT2D eigenvalue weighted by atomic mass is 16.6. The van der Waals surface area contributed by atoms with Crippen LogP contribution in [0.15, 0.2) is 78.0 Å². The summed E-state index contributed by atoms with van der Waals surface area (Å²) in [5.41, 5.74) is 5.33. The third-order valence-electron chi connectivity index (χ3n) is 5.15. The number of rotatable bonds is 5. The van der Waals surface area contributed by atoms with Crippen molar-refractivity contribution in [2.24, 2.45) is 5.16 Å². The van der Waals surface area contributed by atoms with E-state index in [1.54, 1.807) is 6.07 Å². The van der Waals surface area contributed by atoms with E-state index in [0.717, 1.165) is 28.0 Å². The monoisotopic (exact) mass is 409 g/mol. The van der Waals surface area contributed by atoms with Crippen LogP contribution in [0.2, 0.25) is 0 Å². The van der Waals surface area contributed by atoms with Gasteiger partial charge in [0.15, 0.2) is 6.10 Å². The third-order valence-corrected chi connectivity index (χ3v) is 5.15. The van der Waals surface area contributed by atoms with E-state index in [-0.39, 0.29) is 18.1 Å². The standard InChI is InChI=1S/C26H23N3O2/c1-17(2)28-26(30)22-13-20(23-11-7-6-10-19(23)16-27)12-21(14-22)24-15-25(31-29-24)18-8-4-3-5-9-18/h3-14,17,25H,15H2,1-2H3,(H,28,30). The molecule has 4 rings (SSSR count). The molecular weight excluding hydrogens is 386 g/mol. The summed E-state index contributed by atoms with van der Waals surface area (Å²) >= 11 is 0. The fourth-order valence-electron chi connectivity index (χ4n) is 3.65. The quantitative estimate of drug-likeness (QED) is 0.627. The van der Waals surface area contributed by atoms with Crippen molar-refractivity contribution in [2.45, 2.75) is 32.4 Å². The Labute approximate surface area is 182 Å². The van der Waals surface area contributed by atoms with Crippen LogP contribution in [0.1, 0.15) is 53.4 Å². The van der Waals surface area contributed by atoms with Gasteiger partial charge in [0, 0.05) is 23.6 Å². The highest BCUT2D eigenvalue weighted by Gasteiger charge is 2.25. The highest BCUT2D eigenvalue weighted by Crippen LogP contribution is 2.32. The first-order valence-corrected chi connectivity index (χ1v) is 10.3. The molecule has 0 bridgehead atoms. The number of nitrogens with one attached hydrogen (secondary N) is 1. The van der Waals surface area contributed by atoms with Crippen LogP contribution >= 0.6 is 0 Å². The third kappa shape index (κ3) is 4.49. The van der Waals surface area contributed by atoms with Crippen LogP contribution in [0.3, 0.4) is 0 Å². The molecule has 1 heterocycles. The number of oxime groups is 1. The lowest BCUT2D eigenvalue weighted by atomic mass is 9.93. The molecular formula is C26H23N3O2. The summed E-state index contributed by atoms with van der Waals surface area (Å²) in [6.45, 7) is 3.85. The predicted molar refractivity (Wildman–Crippen MR) is 121 cm³/mol. The molecule has 1 N–H and O–H groups in total. The van der Waals surface area contributed by atoms with Crippen LogP contribution in [0.5, 0.6) is 0 Å². The molecule has 0 fully saturated rings. The molecule has 1 unspecified atom stereocenters. The zero-order valence-corrected chi connectivity index (χ0v) is 17.5. The van der Waals surface area contributed by atoms with Crippen LogP contribution in [-0.4, -0.2) is 17.7 Å². The summed E-state index contributed by atoms with van der Waals surface area (Å²) in [7, 11) is 0. The summed E-state index contributed by atoms with van der Waals surface area (Å²) in [4.78, 5) is 18.5. The smallest absolute Gasteiger partial charge is 0.251 e. The number of nitriles is 1. The Morgan fingerprint density at radius 2 is 1.77 bits per heavy atom. The normalized spacial score (nSPS) is 15.2. The first kappa shape index (κ1) is 20.4. The van der Waals surface area contributed by atoms with Crippen molar-refractivity contribution in [3.05, 3.63) is 95.1 Å². The number of amides is 1. The zero-order chi connectivity index (χ0) is 21.8. The van der Waals surface area contributed by atoms with Crippen LogP contribution in [-0.2, 0) is 4.84 Å². The predicted octanol–water partition coefficient (Wildman–Crippen LogP) is 5.23. The lowest BCUT2D eigenvalue weighted by Crippen LogP contribution is -2.30. The van der Waals surface area contributed by atoms with Crippen LogP contribution in [0.25, 0.3) is 11.1 Å². The lowest BCUT2D eigenvalue weighted by molar-refractivity contribution is 0.0857. The molecule has 0 saturated carbocycles. The topological polar surface area (TPSA) is 74.5 Å². The lowest BCUT2D eigenvalue weighted by Gasteiger charge is -2.13. The summed E-state index contributed by atoms with van der Waals surface area (Å²) in [5, 5.41) is 16.8. The molecule has 1 atom stereocenters. The Kier molecular flexibility index (Phi) is 5.81. The number of hydrogen-bond donors (Lipinski definition) is 1. The van der Waals surface area contributed by atoms with Crippen LogP contribution in [0, 0.1) is 11.3 Å². The van der Waals surface area contributed by atoms with Gasteiger partial charge in [0.25, 0.3) is 5.91 Å². The van der Waals surface area contributed by atoms with Crippen molar-refractivity contribution >= 4 is 11.6 Å². The van der Waals surface area contributed by atoms with E-state index in [9.17, 15) is 10.1 Å². The zero-order valence-electron chi connectivity index (χ0n) is 17.5. The molecule has 1 aliphatic rings. The van der Waals surface area contributed by atoms with Crippen molar-refractivity contribution in [1.82, 2.24) is 5.32 Å². The van der Waals surface area contributed by atoms with Crippen molar-refractivity contribution in [2.75, 3.05) is 0 Å². The Balaban J connectivity index is 1.74. The van der Waals surface area contributed by atoms with Gasteiger partial charge in [0.05, 0.1) is 17.3 Å². The van der Waals surface area contributed by atoms with E-state index in [4.69, 9.17) is 4.84 Å². The maximum Gasteiger partial charge on any atom is 0.251 e. The van der Waals surface area contributed by atoms with Gasteiger partial charge in [0.2, 0.25) is 0 Å². The van der Waals surface area contributed by atoms with Gasteiger partial charge >= 0.3 is 0 Å². The number of hydrogen-bond acceptors (Lipinski definition) is 4. The maximum absolute atomic E-state index is 12.8. The van der Waals surface area contributed by atoms with Crippen LogP contribution in [0.4, 0.5) is 0 Å². The minimum atomic E-state index is -0.160. The molecule has 3 aromatic carbocycles. The van der Waals surface area contributed by atoms with Gasteiger partial charge in [0.1, 0.15) is 0 Å². The van der Waals surface area contributed by atoms with Crippen molar-refractivity contribution < 1.29 is 9.63 Å². The molecule has 3 aromatic rings. The van der Waals surface area contributed by atoms with Gasteiger partial charge in [-0.2, -0.15) is 5.26 Å². The van der Waals surface area contributed by atoms with E-state index in [1.807, 2.05) is 80.6 Å². The Hall–Kier alpha value is -3.91. The molecule has 1 amide bonds. The number of carbonyl (C=O) groups excluding carboxylic acids is 1. The number of nitrogens with zero attached hydrogens (tertiary/aromatic N) is 2. The molecule has 5 heteroatoms. The molecule has 0 spiro atoms. The number of benzene rings is 3. The van der Waals surface area contributed by atoms with Crippen molar-refractivity contribution in [3.63, 3.8) is 0 Å². The van der Waals surface area contributed by atoms with Gasteiger partial charge < -0.3 is 10.2 Å². The van der Waals surface area contributed by atoms with Gasteiger partial charge in [-0.3, -0.25) is 4.79 Å². The molecule has 0 radical (unpaired) electrons. The second-order valence-corrected chi connectivity index (χ2v) is 7.83. The second kappa shape index (κ2) is 8.85. The summed E-state index contributed by atoms with van der Waals surface area (Å²) in [6.07, 6.45) is 0.456. The summed E-state index contributed by atoms with van der Waals surface area (Å²) in [6, 6.07) is 25.2. The SMILES string of the molecule is CC(C)NC(=O)c1cc(C2=NOC(c3ccccc3)C2)cc(-c2ccccc2C#N)c1. The molecule has 0 aromatic heterocycles. The maximum atomic E-state index is 12.8. The van der Waals surface area contributed by atoms with E-state index < -0.39 is 0 Å². The van der Waals surface area contributed by atoms with E-state index in [2.05, 4.69) is 16.5 Å². The van der Waals surface area contributed by atoms with Gasteiger partial charge in [-0.05, 0) is 54.8 Å². The first-order chi connectivity index (χ1) is 15.0. The Morgan fingerprint density at radius 3 is 2.52 bits per heavy atom. The minimum absolute atomic E-state index is 0.0145. The fraction of sp³-hybridized carbons (Fsp3) is 0.192.